The van der Waals surface area contributed by atoms with Gasteiger partial charge in [-0.25, -0.2) is 0 Å². The summed E-state index contributed by atoms with van der Waals surface area (Å²) in [4.78, 5) is 42.4. The highest BCUT2D eigenvalue weighted by atomic mass is 16.5. The number of esters is 1. The number of ketones is 2. The van der Waals surface area contributed by atoms with Crippen LogP contribution in [0.4, 0.5) is 0 Å². The number of unbranched alkanes of at least 4 members (excludes halogenated alkanes) is 3. The largest absolute Gasteiger partial charge is 0.468 e. The van der Waals surface area contributed by atoms with Gasteiger partial charge in [0.2, 0.25) is 0 Å². The average molecular weight is 351 g/mol. The van der Waals surface area contributed by atoms with Crippen molar-refractivity contribution in [3.05, 3.63) is 0 Å². The third-order valence-corrected chi connectivity index (χ3v) is 4.90. The van der Waals surface area contributed by atoms with Gasteiger partial charge in [0, 0.05) is 18.7 Å². The molecule has 0 N–H and O–H groups in total. The molecule has 2 atom stereocenters. The quantitative estimate of drug-likeness (QED) is 0.360. The van der Waals surface area contributed by atoms with Crippen molar-refractivity contribution in [1.82, 2.24) is 0 Å². The fourth-order valence-corrected chi connectivity index (χ4v) is 3.58. The maximum Gasteiger partial charge on any atom is 0.316 e. The normalized spacial score (nSPS) is 24.4. The summed E-state index contributed by atoms with van der Waals surface area (Å²) in [6.07, 6.45) is 5.87. The first-order valence-electron chi connectivity index (χ1n) is 9.47. The Hall–Kier alpha value is -1.52. The molecule has 1 aliphatic rings. The lowest BCUT2D eigenvalue weighted by Gasteiger charge is -2.39. The average Bonchev–Trinajstić information content (AvgIpc) is 2.53. The van der Waals surface area contributed by atoms with E-state index in [4.69, 9.17) is 4.74 Å². The number of carbonyl (C=O) groups is 3. The molecule has 1 unspecified atom stereocenters. The Kier molecular flexibility index (Phi) is 8.46. The zero-order chi connectivity index (χ0) is 19.0. The van der Waals surface area contributed by atoms with Crippen LogP contribution in [0.1, 0.15) is 72.6 Å². The number of hydrogen-bond donors (Lipinski definition) is 0. The zero-order valence-corrected chi connectivity index (χ0v) is 16.4. The van der Waals surface area contributed by atoms with Crippen molar-refractivity contribution in [3.8, 4) is 0 Å². The van der Waals surface area contributed by atoms with Gasteiger partial charge in [0.15, 0.2) is 5.78 Å². The Morgan fingerprint density at radius 2 is 1.84 bits per heavy atom. The predicted molar refractivity (Wildman–Crippen MR) is 98.8 cm³/mol. The number of ether oxygens (including phenoxy) is 1. The van der Waals surface area contributed by atoms with Crippen molar-refractivity contribution < 1.29 is 19.1 Å². The molecule has 0 amide bonds. The number of hydrogen-bond acceptors (Lipinski definition) is 5. The lowest BCUT2D eigenvalue weighted by molar-refractivity contribution is -0.156. The molecule has 25 heavy (non-hydrogen) atoms. The molecule has 0 aromatic rings. The molecule has 142 valence electrons. The first-order valence-corrected chi connectivity index (χ1v) is 9.47. The van der Waals surface area contributed by atoms with E-state index in [9.17, 15) is 14.4 Å². The van der Waals surface area contributed by atoms with Crippen LogP contribution >= 0.6 is 0 Å². The minimum absolute atomic E-state index is 0.121. The highest BCUT2D eigenvalue weighted by Crippen LogP contribution is 2.41. The molecule has 0 aliphatic heterocycles. The van der Waals surface area contributed by atoms with Gasteiger partial charge in [-0.1, -0.05) is 47.0 Å². The van der Waals surface area contributed by atoms with E-state index in [2.05, 4.69) is 11.9 Å². The van der Waals surface area contributed by atoms with Crippen molar-refractivity contribution in [2.45, 2.75) is 72.6 Å². The molecule has 0 aromatic carbocycles. The standard InChI is InChI=1S/C20H33NO4/c1-6-8-9-10-12-21-14-13-20(3,4)17(19(24)25-5)18(23)16(14)15(22)11-7-2/h16-17H,6-13H2,1-5H3/t16?,17-/m1/s1. The van der Waals surface area contributed by atoms with E-state index >= 15 is 0 Å². The number of aliphatic imine (C=N–C) groups is 1. The van der Waals surface area contributed by atoms with E-state index in [0.717, 1.165) is 25.7 Å². The van der Waals surface area contributed by atoms with Gasteiger partial charge >= 0.3 is 5.97 Å². The topological polar surface area (TPSA) is 72.8 Å². The smallest absolute Gasteiger partial charge is 0.316 e. The fraction of sp³-hybridized carbons (Fsp3) is 0.800. The molecule has 0 heterocycles. The summed E-state index contributed by atoms with van der Waals surface area (Å²) in [6, 6.07) is 0. The van der Waals surface area contributed by atoms with Crippen molar-refractivity contribution in [2.75, 3.05) is 13.7 Å². The van der Waals surface area contributed by atoms with Gasteiger partial charge in [-0.3, -0.25) is 19.4 Å². The number of Topliss-reactive ketones (excluding diaryl/α,β-unsaturated/α-hetero) is 2. The maximum absolute atomic E-state index is 13.0. The molecule has 0 aromatic heterocycles. The zero-order valence-electron chi connectivity index (χ0n) is 16.4. The first-order chi connectivity index (χ1) is 11.8. The summed E-state index contributed by atoms with van der Waals surface area (Å²) in [5.41, 5.74) is 0.0696. The van der Waals surface area contributed by atoms with Gasteiger partial charge in [0.1, 0.15) is 17.6 Å². The molecule has 1 fully saturated rings. The summed E-state index contributed by atoms with van der Waals surface area (Å²) in [7, 11) is 1.28. The van der Waals surface area contributed by atoms with E-state index in [1.807, 2.05) is 20.8 Å². The van der Waals surface area contributed by atoms with E-state index in [1.54, 1.807) is 0 Å². The second-order valence-corrected chi connectivity index (χ2v) is 7.61. The summed E-state index contributed by atoms with van der Waals surface area (Å²) < 4.78 is 4.83. The van der Waals surface area contributed by atoms with Crippen LogP contribution in [0.15, 0.2) is 4.99 Å². The van der Waals surface area contributed by atoms with Crippen LogP contribution in [0.3, 0.4) is 0 Å². The second kappa shape index (κ2) is 9.83. The molecule has 0 radical (unpaired) electrons. The minimum atomic E-state index is -0.901. The third kappa shape index (κ3) is 5.48. The van der Waals surface area contributed by atoms with Crippen molar-refractivity contribution in [3.63, 3.8) is 0 Å². The summed E-state index contributed by atoms with van der Waals surface area (Å²) in [5, 5.41) is 0. The molecule has 0 spiro atoms. The van der Waals surface area contributed by atoms with Crippen LogP contribution in [-0.4, -0.2) is 36.9 Å². The molecular weight excluding hydrogens is 318 g/mol. The third-order valence-electron chi connectivity index (χ3n) is 4.90. The van der Waals surface area contributed by atoms with Gasteiger partial charge in [-0.2, -0.15) is 0 Å². The van der Waals surface area contributed by atoms with E-state index in [1.165, 1.54) is 7.11 Å². The van der Waals surface area contributed by atoms with Gasteiger partial charge in [-0.15, -0.1) is 0 Å². The number of nitrogens with zero attached hydrogens (tertiary/aromatic N) is 1. The van der Waals surface area contributed by atoms with Crippen LogP contribution in [0.5, 0.6) is 0 Å². The molecule has 1 aliphatic carbocycles. The Morgan fingerprint density at radius 1 is 1.16 bits per heavy atom. The van der Waals surface area contributed by atoms with E-state index < -0.39 is 23.2 Å². The minimum Gasteiger partial charge on any atom is -0.468 e. The molecule has 1 saturated carbocycles. The van der Waals surface area contributed by atoms with Gasteiger partial charge in [0.05, 0.1) is 7.11 Å². The van der Waals surface area contributed by atoms with E-state index in [-0.39, 0.29) is 11.6 Å². The lowest BCUT2D eigenvalue weighted by Crippen LogP contribution is -2.52. The summed E-state index contributed by atoms with van der Waals surface area (Å²) in [5.74, 6) is -2.78. The number of carbonyl (C=O) groups excluding carboxylic acids is 3. The number of rotatable bonds is 9. The van der Waals surface area contributed by atoms with Gasteiger partial charge in [0.25, 0.3) is 0 Å². The Morgan fingerprint density at radius 3 is 2.40 bits per heavy atom. The molecule has 0 bridgehead atoms. The lowest BCUT2D eigenvalue weighted by atomic mass is 9.62. The fourth-order valence-electron chi connectivity index (χ4n) is 3.58. The SMILES string of the molecule is CCCCCCN=C1CC(C)(C)[C@@H](C(=O)OC)C(=O)C1C(=O)CCC. The molecule has 1 rings (SSSR count). The van der Waals surface area contributed by atoms with Crippen LogP contribution in [0.25, 0.3) is 0 Å². The van der Waals surface area contributed by atoms with Crippen LogP contribution in [0, 0.1) is 17.3 Å². The molecule has 5 heteroatoms. The molecule has 0 saturated heterocycles. The van der Waals surface area contributed by atoms with E-state index in [0.29, 0.717) is 31.5 Å². The summed E-state index contributed by atoms with van der Waals surface area (Å²) in [6.45, 7) is 8.45. The Bertz CT molecular complexity index is 522. The van der Waals surface area contributed by atoms with Crippen molar-refractivity contribution in [1.29, 1.82) is 0 Å². The highest BCUT2D eigenvalue weighted by molar-refractivity contribution is 6.26. The Balaban J connectivity index is 3.08. The predicted octanol–water partition coefficient (Wildman–Crippen LogP) is 3.78. The van der Waals surface area contributed by atoms with Gasteiger partial charge in [-0.05, 0) is 24.7 Å². The van der Waals surface area contributed by atoms with Crippen molar-refractivity contribution in [2.24, 2.45) is 22.2 Å². The molecular formula is C20H33NO4. The van der Waals surface area contributed by atoms with Crippen LogP contribution in [0.2, 0.25) is 0 Å². The van der Waals surface area contributed by atoms with Crippen LogP contribution in [-0.2, 0) is 19.1 Å². The molecule has 5 nitrogen and oxygen atoms in total. The second-order valence-electron chi connectivity index (χ2n) is 7.61. The van der Waals surface area contributed by atoms with Gasteiger partial charge < -0.3 is 4.74 Å². The monoisotopic (exact) mass is 351 g/mol. The first kappa shape index (κ1) is 21.5. The van der Waals surface area contributed by atoms with Crippen LogP contribution < -0.4 is 0 Å². The van der Waals surface area contributed by atoms with Crippen molar-refractivity contribution >= 4 is 23.2 Å². The highest BCUT2D eigenvalue weighted by Gasteiger charge is 2.52. The maximum atomic E-state index is 13.0. The summed E-state index contributed by atoms with van der Waals surface area (Å²) >= 11 is 0. The Labute approximate surface area is 151 Å². The number of methoxy groups -OCH3 is 1.